The van der Waals surface area contributed by atoms with Crippen molar-refractivity contribution in [1.82, 2.24) is 5.32 Å². The van der Waals surface area contributed by atoms with E-state index in [0.717, 1.165) is 0 Å². The van der Waals surface area contributed by atoms with Gasteiger partial charge in [-0.25, -0.2) is 4.79 Å². The first-order chi connectivity index (χ1) is 5.79. The second-order valence-electron chi connectivity index (χ2n) is 2.04. The van der Waals surface area contributed by atoms with Gasteiger partial charge in [-0.15, -0.1) is 0 Å². The molecule has 0 fully saturated rings. The Bertz CT molecular complexity index is 214. The third kappa shape index (κ3) is 4.52. The number of aliphatic carboxylic acids is 1. The normalized spacial score (nSPS) is 13.5. The predicted molar refractivity (Wildman–Crippen MR) is 46.9 cm³/mol. The molecule has 0 spiro atoms. The Hall–Kier alpha value is -0.230. The molecule has 0 aliphatic rings. The van der Waals surface area contributed by atoms with Gasteiger partial charge in [0.05, 0.1) is 6.61 Å². The summed E-state index contributed by atoms with van der Waals surface area (Å²) < 4.78 is -2.23. The topological polar surface area (TPSA) is 86.6 Å². The fourth-order valence-electron chi connectivity index (χ4n) is 0.426. The minimum atomic E-state index is -2.23. The van der Waals surface area contributed by atoms with Gasteiger partial charge in [0.2, 0.25) is 0 Å². The van der Waals surface area contributed by atoms with Crippen LogP contribution in [0.1, 0.15) is 0 Å². The van der Waals surface area contributed by atoms with Crippen LogP contribution >= 0.6 is 34.8 Å². The van der Waals surface area contributed by atoms with Crippen molar-refractivity contribution < 1.29 is 19.8 Å². The van der Waals surface area contributed by atoms with E-state index in [-0.39, 0.29) is 0 Å². The summed E-state index contributed by atoms with van der Waals surface area (Å²) in [6.07, 6.45) is 0. The summed E-state index contributed by atoms with van der Waals surface area (Å²) in [4.78, 5) is 21.1. The van der Waals surface area contributed by atoms with Crippen LogP contribution < -0.4 is 5.32 Å². The highest BCUT2D eigenvalue weighted by Gasteiger charge is 2.33. The van der Waals surface area contributed by atoms with Gasteiger partial charge < -0.3 is 15.5 Å². The smallest absolute Gasteiger partial charge is 0.328 e. The van der Waals surface area contributed by atoms with Gasteiger partial charge in [0.25, 0.3) is 9.70 Å². The van der Waals surface area contributed by atoms with Crippen molar-refractivity contribution in [3.8, 4) is 0 Å². The number of alkyl halides is 3. The van der Waals surface area contributed by atoms with E-state index in [0.29, 0.717) is 0 Å². The Kier molecular flexibility index (Phi) is 4.77. The summed E-state index contributed by atoms with van der Waals surface area (Å²) in [6.45, 7) is -0.776. The molecule has 0 rings (SSSR count). The second kappa shape index (κ2) is 4.85. The van der Waals surface area contributed by atoms with Crippen molar-refractivity contribution in [1.29, 1.82) is 0 Å². The Labute approximate surface area is 88.6 Å². The maximum Gasteiger partial charge on any atom is 0.328 e. The lowest BCUT2D eigenvalue weighted by Crippen LogP contribution is -2.47. The van der Waals surface area contributed by atoms with Crippen molar-refractivity contribution in [2.75, 3.05) is 6.61 Å². The van der Waals surface area contributed by atoms with Crippen LogP contribution in [-0.2, 0) is 9.59 Å². The van der Waals surface area contributed by atoms with E-state index >= 15 is 0 Å². The molecule has 0 bridgehead atoms. The molecule has 0 aliphatic carbocycles. The van der Waals surface area contributed by atoms with Gasteiger partial charge in [-0.05, 0) is 0 Å². The van der Waals surface area contributed by atoms with Crippen molar-refractivity contribution in [3.63, 3.8) is 0 Å². The largest absolute Gasteiger partial charge is 0.480 e. The number of carboxylic acids is 1. The lowest BCUT2D eigenvalue weighted by Gasteiger charge is -2.15. The number of hydrogen-bond acceptors (Lipinski definition) is 3. The molecule has 3 N–H and O–H groups in total. The monoisotopic (exact) mass is 249 g/mol. The maximum absolute atomic E-state index is 10.9. The molecular weight excluding hydrogens is 244 g/mol. The van der Waals surface area contributed by atoms with Crippen LogP contribution in [0.2, 0.25) is 0 Å². The Morgan fingerprint density at radius 2 is 1.85 bits per heavy atom. The number of nitrogens with one attached hydrogen (secondary N) is 1. The van der Waals surface area contributed by atoms with E-state index in [4.69, 9.17) is 45.0 Å². The molecule has 0 aromatic carbocycles. The number of carbonyl (C=O) groups excluding carboxylic acids is 1. The number of carbonyl (C=O) groups is 2. The van der Waals surface area contributed by atoms with E-state index in [1.165, 1.54) is 0 Å². The van der Waals surface area contributed by atoms with Crippen LogP contribution in [0.25, 0.3) is 0 Å². The molecule has 0 aliphatic heterocycles. The average molecular weight is 250 g/mol. The molecule has 5 nitrogen and oxygen atoms in total. The highest BCUT2D eigenvalue weighted by Crippen LogP contribution is 2.25. The zero-order valence-corrected chi connectivity index (χ0v) is 8.40. The number of rotatable bonds is 3. The van der Waals surface area contributed by atoms with Crippen molar-refractivity contribution in [3.05, 3.63) is 0 Å². The number of aliphatic hydroxyl groups is 1. The summed E-state index contributed by atoms with van der Waals surface area (Å²) in [6, 6.07) is -1.47. The van der Waals surface area contributed by atoms with Gasteiger partial charge in [-0.1, -0.05) is 34.8 Å². The molecule has 1 atom stereocenters. The summed E-state index contributed by atoms with van der Waals surface area (Å²) in [5.74, 6) is -2.51. The van der Waals surface area contributed by atoms with Gasteiger partial charge in [-0.3, -0.25) is 4.79 Å². The molecule has 0 radical (unpaired) electrons. The van der Waals surface area contributed by atoms with E-state index in [2.05, 4.69) is 0 Å². The lowest BCUT2D eigenvalue weighted by molar-refractivity contribution is -0.142. The zero-order valence-electron chi connectivity index (χ0n) is 6.13. The molecule has 0 unspecified atom stereocenters. The maximum atomic E-state index is 10.9. The molecule has 8 heteroatoms. The first-order valence-corrected chi connectivity index (χ1v) is 4.13. The number of hydrogen-bond donors (Lipinski definition) is 3. The Balaban J connectivity index is 4.26. The molecule has 13 heavy (non-hydrogen) atoms. The van der Waals surface area contributed by atoms with E-state index in [1.807, 2.05) is 5.32 Å². The molecule has 76 valence electrons. The average Bonchev–Trinajstić information content (AvgIpc) is 1.96. The minimum absolute atomic E-state index is 0.776. The SMILES string of the molecule is O=C(O)[C@H](CO)NC(=O)C(Cl)(Cl)Cl. The quantitative estimate of drug-likeness (QED) is 0.611. The van der Waals surface area contributed by atoms with Crippen LogP contribution in [0.3, 0.4) is 0 Å². The van der Waals surface area contributed by atoms with Gasteiger partial charge in [0.1, 0.15) is 6.04 Å². The van der Waals surface area contributed by atoms with Gasteiger partial charge >= 0.3 is 5.97 Å². The summed E-state index contributed by atoms with van der Waals surface area (Å²) in [5.41, 5.74) is 0. The molecule has 0 saturated heterocycles. The third-order valence-electron chi connectivity index (χ3n) is 1.04. The zero-order chi connectivity index (χ0) is 10.6. The molecule has 0 aromatic rings. The fraction of sp³-hybridized carbons (Fsp3) is 0.600. The number of halogens is 3. The fourth-order valence-corrected chi connectivity index (χ4v) is 0.589. The van der Waals surface area contributed by atoms with Crippen molar-refractivity contribution >= 4 is 46.7 Å². The molecule has 0 saturated carbocycles. The van der Waals surface area contributed by atoms with Crippen molar-refractivity contribution in [2.24, 2.45) is 0 Å². The standard InChI is InChI=1S/C5H6Cl3NO4/c6-5(7,8)4(13)9-2(1-10)3(11)12/h2,10H,1H2,(H,9,13)(H,11,12)/t2-/m0/s1. The summed E-state index contributed by atoms with van der Waals surface area (Å²) >= 11 is 15.4. The van der Waals surface area contributed by atoms with Crippen LogP contribution in [0.15, 0.2) is 0 Å². The van der Waals surface area contributed by atoms with Gasteiger partial charge in [0.15, 0.2) is 0 Å². The molecular formula is C5H6Cl3NO4. The predicted octanol–water partition coefficient (Wildman–Crippen LogP) is -0.0817. The van der Waals surface area contributed by atoms with Gasteiger partial charge in [-0.2, -0.15) is 0 Å². The second-order valence-corrected chi connectivity index (χ2v) is 4.33. The molecule has 0 aromatic heterocycles. The Morgan fingerprint density at radius 3 is 2.08 bits per heavy atom. The number of carboxylic acid groups (broad SMARTS) is 1. The lowest BCUT2D eigenvalue weighted by atomic mass is 10.3. The summed E-state index contributed by atoms with van der Waals surface area (Å²) in [7, 11) is 0. The molecule has 0 heterocycles. The van der Waals surface area contributed by atoms with Crippen LogP contribution in [0, 0.1) is 0 Å². The van der Waals surface area contributed by atoms with E-state index in [1.54, 1.807) is 0 Å². The van der Waals surface area contributed by atoms with E-state index < -0.39 is 28.3 Å². The molecule has 1 amide bonds. The number of aliphatic hydroxyl groups excluding tert-OH is 1. The highest BCUT2D eigenvalue weighted by atomic mass is 35.6. The first kappa shape index (κ1) is 12.8. The Morgan fingerprint density at radius 1 is 1.38 bits per heavy atom. The van der Waals surface area contributed by atoms with Crippen LogP contribution in [-0.4, -0.2) is 38.5 Å². The van der Waals surface area contributed by atoms with Crippen LogP contribution in [0.4, 0.5) is 0 Å². The van der Waals surface area contributed by atoms with Crippen LogP contribution in [0.5, 0.6) is 0 Å². The van der Waals surface area contributed by atoms with E-state index in [9.17, 15) is 9.59 Å². The van der Waals surface area contributed by atoms with Crippen molar-refractivity contribution in [2.45, 2.75) is 9.83 Å². The minimum Gasteiger partial charge on any atom is -0.480 e. The first-order valence-electron chi connectivity index (χ1n) is 3.00. The van der Waals surface area contributed by atoms with Gasteiger partial charge in [0, 0.05) is 0 Å². The third-order valence-corrected chi connectivity index (χ3v) is 1.56. The number of amides is 1. The highest BCUT2D eigenvalue weighted by molar-refractivity contribution is 6.76. The summed E-state index contributed by atoms with van der Waals surface area (Å²) in [5, 5.41) is 18.7.